The number of hydrogen-bond donors (Lipinski definition) is 4. The van der Waals surface area contributed by atoms with E-state index in [-0.39, 0.29) is 41.1 Å². The van der Waals surface area contributed by atoms with Gasteiger partial charge in [-0.3, -0.25) is 9.59 Å². The van der Waals surface area contributed by atoms with Crippen molar-refractivity contribution < 1.29 is 41.4 Å². The molecule has 0 radical (unpaired) electrons. The van der Waals surface area contributed by atoms with Gasteiger partial charge in [0, 0.05) is 37.6 Å². The normalized spacial score (nSPS) is 16.8. The molecule has 2 amide bonds. The highest BCUT2D eigenvalue weighted by atomic mass is 19.4. The molecule has 2 fully saturated rings. The molecule has 0 bridgehead atoms. The maximum absolute atomic E-state index is 13.3. The number of hydrogen-bond acceptors (Lipinski definition) is 11. The van der Waals surface area contributed by atoms with Gasteiger partial charge in [0.2, 0.25) is 0 Å². The fraction of sp³-hybridized carbons (Fsp3) is 0.231. The van der Waals surface area contributed by atoms with Gasteiger partial charge in [-0.1, -0.05) is 40.8 Å². The Kier molecular flexibility index (Phi) is 12.4. The topological polar surface area (TPSA) is 171 Å². The van der Waals surface area contributed by atoms with Crippen LogP contribution in [0.3, 0.4) is 0 Å². The molecule has 4 N–H and O–H groups in total. The molecular weight excluding hydrogens is 764 g/mol. The quantitative estimate of drug-likeness (QED) is 0.138. The Balaban J connectivity index is 0.000000178. The molecule has 15 nitrogen and oxygen atoms in total. The first-order valence-electron chi connectivity index (χ1n) is 18.0. The molecule has 2 saturated heterocycles. The number of alkyl halides is 3. The molecule has 6 aromatic rings. The van der Waals surface area contributed by atoms with Gasteiger partial charge in [0.05, 0.1) is 49.2 Å². The van der Waals surface area contributed by atoms with Gasteiger partial charge < -0.3 is 35.5 Å². The van der Waals surface area contributed by atoms with E-state index in [0.717, 1.165) is 49.4 Å². The second kappa shape index (κ2) is 18.2. The number of halogens is 4. The molecule has 0 aliphatic carbocycles. The summed E-state index contributed by atoms with van der Waals surface area (Å²) in [5, 5.41) is 27.5. The van der Waals surface area contributed by atoms with Crippen LogP contribution in [0.1, 0.15) is 44.3 Å². The highest BCUT2D eigenvalue weighted by molar-refractivity contribution is 6.03. The van der Waals surface area contributed by atoms with Crippen molar-refractivity contribution in [2.75, 3.05) is 50.0 Å². The third-order valence-electron chi connectivity index (χ3n) is 8.80. The molecule has 0 unspecified atom stereocenters. The summed E-state index contributed by atoms with van der Waals surface area (Å²) in [7, 11) is 0. The van der Waals surface area contributed by atoms with E-state index in [1.165, 1.54) is 46.0 Å². The monoisotopic (exact) mass is 800 g/mol. The Bertz CT molecular complexity index is 2290. The Morgan fingerprint density at radius 1 is 0.690 bits per heavy atom. The Morgan fingerprint density at radius 3 is 1.64 bits per heavy atom. The standard InChI is InChI=1S/C20H18F3N5O3.C19H18FN5O2/c21-20(22,23)31-16-7-5-15(6-8-16)28-12-17(26-27-28)19(29)25-14-3-1-13(2-4-14)18-11-24-9-10-30-18;20-14-2-1-3-16(10-14)25-12-17(23-24-25)19(26)22-15-6-4-13(5-7-15)18-11-21-8-9-27-18/h1-8,12,18,24H,9-11H2,(H,25,29);1-7,10,12,18,21H,8-9,11H2,(H,22,26)/t2*18-/m11/s1. The number of benzene rings is 4. The number of anilines is 2. The second-order valence-electron chi connectivity index (χ2n) is 12.9. The maximum atomic E-state index is 13.3. The SMILES string of the molecule is O=C(Nc1ccc([C@H]2CNCCO2)cc1)c1cn(-c2ccc(OC(F)(F)F)cc2)nn1.O=C(Nc1ccc([C@H]2CNCCO2)cc1)c1cn(-c2cccc(F)c2)nn1. The van der Waals surface area contributed by atoms with Gasteiger partial charge in [-0.25, -0.2) is 13.8 Å². The van der Waals surface area contributed by atoms with E-state index in [2.05, 4.69) is 46.6 Å². The molecule has 2 atom stereocenters. The van der Waals surface area contributed by atoms with E-state index < -0.39 is 12.3 Å². The summed E-state index contributed by atoms with van der Waals surface area (Å²) >= 11 is 0. The van der Waals surface area contributed by atoms with Crippen LogP contribution in [0.5, 0.6) is 5.75 Å². The van der Waals surface area contributed by atoms with Crippen molar-refractivity contribution in [3.8, 4) is 17.1 Å². The van der Waals surface area contributed by atoms with E-state index in [1.54, 1.807) is 24.3 Å². The number of aromatic nitrogens is 6. The van der Waals surface area contributed by atoms with Crippen molar-refractivity contribution in [2.24, 2.45) is 0 Å². The van der Waals surface area contributed by atoms with E-state index in [0.29, 0.717) is 36.0 Å². The van der Waals surface area contributed by atoms with Gasteiger partial charge in [-0.15, -0.1) is 23.4 Å². The van der Waals surface area contributed by atoms with Crippen LogP contribution >= 0.6 is 0 Å². The summed E-state index contributed by atoms with van der Waals surface area (Å²) in [5.74, 6) is -1.59. The van der Waals surface area contributed by atoms with Gasteiger partial charge in [-0.2, -0.15) is 0 Å². The lowest BCUT2D eigenvalue weighted by atomic mass is 10.1. The van der Waals surface area contributed by atoms with Crippen LogP contribution in [-0.4, -0.2) is 87.6 Å². The zero-order valence-electron chi connectivity index (χ0n) is 30.5. The minimum Gasteiger partial charge on any atom is -0.406 e. The number of carbonyl (C=O) groups is 2. The summed E-state index contributed by atoms with van der Waals surface area (Å²) in [6.07, 6.45) is -1.93. The lowest BCUT2D eigenvalue weighted by molar-refractivity contribution is -0.274. The van der Waals surface area contributed by atoms with Crippen LogP contribution < -0.4 is 26.0 Å². The van der Waals surface area contributed by atoms with Crippen molar-refractivity contribution in [1.82, 2.24) is 40.6 Å². The van der Waals surface area contributed by atoms with Crippen LogP contribution in [0.25, 0.3) is 11.4 Å². The van der Waals surface area contributed by atoms with Gasteiger partial charge in [0.1, 0.15) is 11.6 Å². The van der Waals surface area contributed by atoms with Crippen LogP contribution in [0.4, 0.5) is 28.9 Å². The maximum Gasteiger partial charge on any atom is 0.573 e. The smallest absolute Gasteiger partial charge is 0.406 e. The van der Waals surface area contributed by atoms with Crippen LogP contribution in [0.15, 0.2) is 109 Å². The zero-order chi connectivity index (χ0) is 40.5. The number of nitrogens with one attached hydrogen (secondary N) is 4. The highest BCUT2D eigenvalue weighted by Crippen LogP contribution is 2.25. The van der Waals surface area contributed by atoms with Gasteiger partial charge in [0.15, 0.2) is 11.4 Å². The molecule has 4 heterocycles. The Morgan fingerprint density at radius 2 is 1.19 bits per heavy atom. The van der Waals surface area contributed by atoms with Crippen molar-refractivity contribution >= 4 is 23.2 Å². The number of amides is 2. The molecule has 2 aliphatic heterocycles. The fourth-order valence-electron chi connectivity index (χ4n) is 5.92. The van der Waals surface area contributed by atoms with Crippen molar-refractivity contribution in [3.05, 3.63) is 138 Å². The first kappa shape index (κ1) is 39.7. The minimum atomic E-state index is -4.77. The lowest BCUT2D eigenvalue weighted by Gasteiger charge is -2.24. The summed E-state index contributed by atoms with van der Waals surface area (Å²) < 4.78 is 67.9. The molecule has 58 heavy (non-hydrogen) atoms. The van der Waals surface area contributed by atoms with E-state index in [9.17, 15) is 27.2 Å². The number of carbonyl (C=O) groups excluding carboxylic acids is 2. The molecule has 4 aromatic carbocycles. The summed E-state index contributed by atoms with van der Waals surface area (Å²) in [4.78, 5) is 24.8. The average molecular weight is 801 g/mol. The molecule has 8 rings (SSSR count). The summed E-state index contributed by atoms with van der Waals surface area (Å²) in [6.45, 7) is 4.53. The molecule has 2 aromatic heterocycles. The molecule has 19 heteroatoms. The lowest BCUT2D eigenvalue weighted by Crippen LogP contribution is -2.33. The third kappa shape index (κ3) is 10.6. The summed E-state index contributed by atoms with van der Waals surface area (Å²) in [6, 6.07) is 25.8. The molecule has 0 saturated carbocycles. The predicted octanol–water partition coefficient (Wildman–Crippen LogP) is 5.40. The second-order valence-corrected chi connectivity index (χ2v) is 12.9. The van der Waals surface area contributed by atoms with Crippen LogP contribution in [0.2, 0.25) is 0 Å². The fourth-order valence-corrected chi connectivity index (χ4v) is 5.92. The molecular formula is C39H36F4N10O5. The van der Waals surface area contributed by atoms with E-state index in [1.807, 2.05) is 36.4 Å². The minimum absolute atomic E-state index is 0.0219. The first-order valence-corrected chi connectivity index (χ1v) is 18.0. The number of ether oxygens (including phenoxy) is 3. The Labute approximate surface area is 328 Å². The molecule has 2 aliphatic rings. The predicted molar refractivity (Wildman–Crippen MR) is 201 cm³/mol. The zero-order valence-corrected chi connectivity index (χ0v) is 30.5. The van der Waals surface area contributed by atoms with E-state index >= 15 is 0 Å². The number of rotatable bonds is 9. The first-order chi connectivity index (χ1) is 28.1. The Hall–Kier alpha value is -6.54. The van der Waals surface area contributed by atoms with Crippen molar-refractivity contribution in [3.63, 3.8) is 0 Å². The average Bonchev–Trinajstić information content (AvgIpc) is 3.94. The van der Waals surface area contributed by atoms with Gasteiger partial charge in [-0.05, 0) is 77.9 Å². The summed E-state index contributed by atoms with van der Waals surface area (Å²) in [5.41, 5.74) is 4.40. The van der Waals surface area contributed by atoms with Crippen LogP contribution in [-0.2, 0) is 9.47 Å². The third-order valence-corrected chi connectivity index (χ3v) is 8.80. The van der Waals surface area contributed by atoms with Crippen molar-refractivity contribution in [1.29, 1.82) is 0 Å². The molecule has 300 valence electrons. The number of nitrogens with zero attached hydrogens (tertiary/aromatic N) is 6. The van der Waals surface area contributed by atoms with Gasteiger partial charge >= 0.3 is 6.36 Å². The van der Waals surface area contributed by atoms with Crippen molar-refractivity contribution in [2.45, 2.75) is 18.6 Å². The number of morpholine rings is 2. The largest absolute Gasteiger partial charge is 0.573 e. The van der Waals surface area contributed by atoms with E-state index in [4.69, 9.17) is 9.47 Å². The highest BCUT2D eigenvalue weighted by Gasteiger charge is 2.31. The molecule has 0 spiro atoms. The van der Waals surface area contributed by atoms with Gasteiger partial charge in [0.25, 0.3) is 11.8 Å². The van der Waals surface area contributed by atoms with Crippen LogP contribution in [0, 0.1) is 5.82 Å².